The minimum atomic E-state index is -0.459. The summed E-state index contributed by atoms with van der Waals surface area (Å²) in [7, 11) is 0. The Hall–Kier alpha value is -2.07. The van der Waals surface area contributed by atoms with E-state index < -0.39 is 5.82 Å². The molecule has 0 spiro atoms. The molecule has 2 aromatic rings. The summed E-state index contributed by atoms with van der Waals surface area (Å²) in [5.41, 5.74) is 2.01. The Morgan fingerprint density at radius 1 is 1.16 bits per heavy atom. The van der Waals surface area contributed by atoms with Crippen LogP contribution < -0.4 is 5.32 Å². The minimum Gasteiger partial charge on any atom is -0.376 e. The van der Waals surface area contributed by atoms with Gasteiger partial charge in [-0.3, -0.25) is 4.79 Å². The van der Waals surface area contributed by atoms with E-state index in [1.54, 1.807) is 6.07 Å². The first-order valence-corrected chi connectivity index (χ1v) is 9.00. The van der Waals surface area contributed by atoms with Crippen LogP contribution in [0.1, 0.15) is 18.4 Å². The molecule has 1 heterocycles. The summed E-state index contributed by atoms with van der Waals surface area (Å²) in [6.45, 7) is 1.79. The lowest BCUT2D eigenvalue weighted by atomic mass is 9.90. The molecule has 0 atom stereocenters. The van der Waals surface area contributed by atoms with Crippen LogP contribution in [0.2, 0.25) is 5.02 Å². The predicted octanol–water partition coefficient (Wildman–Crippen LogP) is 4.37. The molecule has 0 radical (unpaired) electrons. The van der Waals surface area contributed by atoms with E-state index >= 15 is 0 Å². The van der Waals surface area contributed by atoms with Gasteiger partial charge in [0.05, 0.1) is 11.6 Å². The predicted molar refractivity (Wildman–Crippen MR) is 99.3 cm³/mol. The summed E-state index contributed by atoms with van der Waals surface area (Å²) in [6.07, 6.45) is 3.14. The zero-order valence-electron chi connectivity index (χ0n) is 14.1. The van der Waals surface area contributed by atoms with Crippen molar-refractivity contribution in [1.82, 2.24) is 4.90 Å². The Bertz CT molecular complexity index is 715. The van der Waals surface area contributed by atoms with Gasteiger partial charge in [-0.15, -0.1) is 0 Å². The van der Waals surface area contributed by atoms with Gasteiger partial charge in [-0.05, 0) is 48.9 Å². The van der Waals surface area contributed by atoms with Gasteiger partial charge in [0.25, 0.3) is 0 Å². The number of halogens is 2. The molecule has 1 saturated heterocycles. The molecule has 2 aromatic carbocycles. The molecular formula is C20H22ClFN2O. The van der Waals surface area contributed by atoms with E-state index in [0.717, 1.165) is 32.4 Å². The molecule has 0 unspecified atom stereocenters. The third kappa shape index (κ3) is 4.95. The normalized spacial score (nSPS) is 15.2. The number of rotatable bonds is 5. The van der Waals surface area contributed by atoms with Crippen LogP contribution in [0.4, 0.5) is 10.1 Å². The molecule has 1 N–H and O–H groups in total. The maximum atomic E-state index is 13.1. The first-order valence-electron chi connectivity index (χ1n) is 8.62. The fraction of sp³-hybridized carbons (Fsp3) is 0.350. The number of carbonyl (C=O) groups excluding carboxylic acids is 1. The molecule has 132 valence electrons. The van der Waals surface area contributed by atoms with Gasteiger partial charge < -0.3 is 10.2 Å². The molecule has 0 bridgehead atoms. The number of hydrogen-bond acceptors (Lipinski definition) is 2. The van der Waals surface area contributed by atoms with E-state index in [9.17, 15) is 9.18 Å². The van der Waals surface area contributed by atoms with Gasteiger partial charge in [0.15, 0.2) is 0 Å². The Labute approximate surface area is 152 Å². The third-order valence-electron chi connectivity index (χ3n) is 4.70. The monoisotopic (exact) mass is 360 g/mol. The number of hydrogen-bond donors (Lipinski definition) is 1. The smallest absolute Gasteiger partial charge is 0.241 e. The van der Waals surface area contributed by atoms with Crippen molar-refractivity contribution in [2.45, 2.75) is 19.3 Å². The van der Waals surface area contributed by atoms with Gasteiger partial charge in [-0.2, -0.15) is 0 Å². The zero-order chi connectivity index (χ0) is 17.6. The van der Waals surface area contributed by atoms with Crippen molar-refractivity contribution in [1.29, 1.82) is 0 Å². The molecule has 0 saturated carbocycles. The lowest BCUT2D eigenvalue weighted by molar-refractivity contribution is -0.130. The van der Waals surface area contributed by atoms with E-state index in [4.69, 9.17) is 11.6 Å². The second-order valence-corrected chi connectivity index (χ2v) is 6.90. The van der Waals surface area contributed by atoms with E-state index in [-0.39, 0.29) is 17.5 Å². The Morgan fingerprint density at radius 3 is 2.56 bits per heavy atom. The van der Waals surface area contributed by atoms with Crippen molar-refractivity contribution in [3.05, 3.63) is 64.9 Å². The lowest BCUT2D eigenvalue weighted by Crippen LogP contribution is -2.41. The van der Waals surface area contributed by atoms with Crippen molar-refractivity contribution >= 4 is 23.2 Å². The Kier molecular flexibility index (Phi) is 5.92. The summed E-state index contributed by atoms with van der Waals surface area (Å²) >= 11 is 5.75. The van der Waals surface area contributed by atoms with Crippen LogP contribution in [0.5, 0.6) is 0 Å². The van der Waals surface area contributed by atoms with Gasteiger partial charge in [-0.25, -0.2) is 4.39 Å². The summed E-state index contributed by atoms with van der Waals surface area (Å²) in [5.74, 6) is 0.243. The first kappa shape index (κ1) is 17.7. The molecule has 25 heavy (non-hydrogen) atoms. The quantitative estimate of drug-likeness (QED) is 0.858. The molecule has 1 fully saturated rings. The number of nitrogens with one attached hydrogen (secondary N) is 1. The largest absolute Gasteiger partial charge is 0.376 e. The number of amides is 1. The van der Waals surface area contributed by atoms with Crippen LogP contribution in [-0.4, -0.2) is 30.4 Å². The van der Waals surface area contributed by atoms with Crippen molar-refractivity contribution in [2.75, 3.05) is 25.0 Å². The van der Waals surface area contributed by atoms with Crippen LogP contribution in [-0.2, 0) is 11.2 Å². The number of likely N-dealkylation sites (tertiary alicyclic amines) is 1. The number of benzene rings is 2. The molecule has 3 nitrogen and oxygen atoms in total. The van der Waals surface area contributed by atoms with E-state index in [2.05, 4.69) is 29.6 Å². The number of nitrogens with zero attached hydrogens (tertiary/aromatic N) is 1. The first-order chi connectivity index (χ1) is 12.1. The molecule has 1 aliphatic rings. The molecule has 0 aliphatic carbocycles. The molecule has 5 heteroatoms. The summed E-state index contributed by atoms with van der Waals surface area (Å²) in [5, 5.41) is 3.07. The highest BCUT2D eigenvalue weighted by Crippen LogP contribution is 2.22. The summed E-state index contributed by atoms with van der Waals surface area (Å²) in [4.78, 5) is 14.2. The van der Waals surface area contributed by atoms with Crippen molar-refractivity contribution in [3.63, 3.8) is 0 Å². The number of piperidine rings is 1. The highest BCUT2D eigenvalue weighted by atomic mass is 35.5. The number of anilines is 1. The van der Waals surface area contributed by atoms with Gasteiger partial charge in [0, 0.05) is 18.8 Å². The number of carbonyl (C=O) groups is 1. The second-order valence-electron chi connectivity index (χ2n) is 6.50. The Balaban J connectivity index is 1.44. The minimum absolute atomic E-state index is 0.0548. The SMILES string of the molecule is O=C(CNc1ccc(F)c(Cl)c1)N1CCC(Cc2ccccc2)CC1. The van der Waals surface area contributed by atoms with E-state index in [1.165, 1.54) is 17.7 Å². The zero-order valence-corrected chi connectivity index (χ0v) is 14.8. The highest BCUT2D eigenvalue weighted by Gasteiger charge is 2.22. The molecule has 1 amide bonds. The Morgan fingerprint density at radius 2 is 1.88 bits per heavy atom. The maximum Gasteiger partial charge on any atom is 0.241 e. The maximum absolute atomic E-state index is 13.1. The standard InChI is InChI=1S/C20H22ClFN2O/c21-18-13-17(6-7-19(18)22)23-14-20(25)24-10-8-16(9-11-24)12-15-4-2-1-3-5-15/h1-7,13,16,23H,8-12,14H2. The highest BCUT2D eigenvalue weighted by molar-refractivity contribution is 6.31. The summed E-state index contributed by atoms with van der Waals surface area (Å²) in [6, 6.07) is 14.9. The van der Waals surface area contributed by atoms with Gasteiger partial charge in [0.1, 0.15) is 5.82 Å². The fourth-order valence-electron chi connectivity index (χ4n) is 3.23. The molecule has 3 rings (SSSR count). The van der Waals surface area contributed by atoms with Gasteiger partial charge >= 0.3 is 0 Å². The van der Waals surface area contributed by atoms with Gasteiger partial charge in [0.2, 0.25) is 5.91 Å². The molecule has 1 aliphatic heterocycles. The van der Waals surface area contributed by atoms with Crippen LogP contribution in [0.15, 0.2) is 48.5 Å². The fourth-order valence-corrected chi connectivity index (χ4v) is 3.41. The average molecular weight is 361 g/mol. The van der Waals surface area contributed by atoms with Crippen LogP contribution >= 0.6 is 11.6 Å². The third-order valence-corrected chi connectivity index (χ3v) is 4.99. The van der Waals surface area contributed by atoms with E-state index in [0.29, 0.717) is 11.6 Å². The lowest BCUT2D eigenvalue weighted by Gasteiger charge is -2.32. The van der Waals surface area contributed by atoms with Crippen LogP contribution in [0.3, 0.4) is 0 Å². The van der Waals surface area contributed by atoms with Crippen molar-refractivity contribution in [3.8, 4) is 0 Å². The summed E-state index contributed by atoms with van der Waals surface area (Å²) < 4.78 is 13.1. The van der Waals surface area contributed by atoms with Crippen LogP contribution in [0, 0.1) is 11.7 Å². The van der Waals surface area contributed by atoms with Gasteiger partial charge in [-0.1, -0.05) is 41.9 Å². The topological polar surface area (TPSA) is 32.3 Å². The average Bonchev–Trinajstić information content (AvgIpc) is 2.64. The van der Waals surface area contributed by atoms with Crippen LogP contribution in [0.25, 0.3) is 0 Å². The van der Waals surface area contributed by atoms with Crippen molar-refractivity contribution in [2.24, 2.45) is 5.92 Å². The molecular weight excluding hydrogens is 339 g/mol. The van der Waals surface area contributed by atoms with E-state index in [1.807, 2.05) is 11.0 Å². The second kappa shape index (κ2) is 8.34. The molecule has 0 aromatic heterocycles. The van der Waals surface area contributed by atoms with Crippen molar-refractivity contribution < 1.29 is 9.18 Å².